The average Bonchev–Trinajstić information content (AvgIpc) is 2.27. The number of likely N-dealkylation sites (N-methyl/N-ethyl adjacent to an activating group) is 1. The van der Waals surface area contributed by atoms with E-state index in [1.807, 2.05) is 0 Å². The van der Waals surface area contributed by atoms with Gasteiger partial charge in [0.05, 0.1) is 10.5 Å². The van der Waals surface area contributed by atoms with Crippen molar-refractivity contribution in [3.63, 3.8) is 0 Å². The number of nitrogens with one attached hydrogen (secondary N) is 1. The standard InChI is InChI=1S/C11H16N2O4/c1-8-10(13(15)16)4-3-5-11(8)17-7-9(14)6-12-2/h3-5,9,12,14H,6-7H2,1-2H3. The maximum Gasteiger partial charge on any atom is 0.276 e. The Bertz CT molecular complexity index is 395. The van der Waals surface area contributed by atoms with E-state index in [0.29, 0.717) is 17.9 Å². The van der Waals surface area contributed by atoms with Gasteiger partial charge in [-0.3, -0.25) is 10.1 Å². The lowest BCUT2D eigenvalue weighted by Crippen LogP contribution is -2.29. The van der Waals surface area contributed by atoms with E-state index in [2.05, 4.69) is 5.32 Å². The molecule has 0 radical (unpaired) electrons. The Balaban J connectivity index is 2.72. The summed E-state index contributed by atoms with van der Waals surface area (Å²) in [6.07, 6.45) is -0.640. The highest BCUT2D eigenvalue weighted by atomic mass is 16.6. The highest BCUT2D eigenvalue weighted by molar-refractivity contribution is 5.48. The number of rotatable bonds is 6. The molecule has 1 atom stereocenters. The van der Waals surface area contributed by atoms with Crippen LogP contribution in [0.5, 0.6) is 5.75 Å². The molecule has 0 aromatic heterocycles. The molecule has 0 bridgehead atoms. The zero-order valence-electron chi connectivity index (χ0n) is 9.84. The Hall–Kier alpha value is -1.66. The third-order valence-corrected chi connectivity index (χ3v) is 2.32. The quantitative estimate of drug-likeness (QED) is 0.569. The molecule has 1 unspecified atom stereocenters. The van der Waals surface area contributed by atoms with E-state index in [0.717, 1.165) is 0 Å². The van der Waals surface area contributed by atoms with Crippen molar-refractivity contribution in [1.82, 2.24) is 5.32 Å². The number of hydrogen-bond acceptors (Lipinski definition) is 5. The van der Waals surface area contributed by atoms with Crippen LogP contribution in [0.4, 0.5) is 5.69 Å². The predicted molar refractivity (Wildman–Crippen MR) is 63.3 cm³/mol. The number of ether oxygens (including phenoxy) is 1. The second-order valence-electron chi connectivity index (χ2n) is 3.68. The first kappa shape index (κ1) is 13.4. The van der Waals surface area contributed by atoms with Gasteiger partial charge in [0, 0.05) is 12.6 Å². The van der Waals surface area contributed by atoms with Crippen molar-refractivity contribution in [2.75, 3.05) is 20.2 Å². The largest absolute Gasteiger partial charge is 0.490 e. The highest BCUT2D eigenvalue weighted by Gasteiger charge is 2.14. The normalized spacial score (nSPS) is 12.2. The molecule has 0 aliphatic rings. The zero-order valence-corrected chi connectivity index (χ0v) is 9.84. The first-order chi connectivity index (χ1) is 8.06. The van der Waals surface area contributed by atoms with E-state index in [-0.39, 0.29) is 12.3 Å². The smallest absolute Gasteiger partial charge is 0.276 e. The van der Waals surface area contributed by atoms with Gasteiger partial charge >= 0.3 is 0 Å². The van der Waals surface area contributed by atoms with Crippen molar-refractivity contribution in [3.05, 3.63) is 33.9 Å². The molecular formula is C11H16N2O4. The lowest BCUT2D eigenvalue weighted by atomic mass is 10.2. The van der Waals surface area contributed by atoms with Crippen LogP contribution in [0.1, 0.15) is 5.56 Å². The van der Waals surface area contributed by atoms with Gasteiger partial charge in [0.1, 0.15) is 18.5 Å². The molecule has 17 heavy (non-hydrogen) atoms. The summed E-state index contributed by atoms with van der Waals surface area (Å²) in [5.41, 5.74) is 0.486. The van der Waals surface area contributed by atoms with Crippen LogP contribution >= 0.6 is 0 Å². The van der Waals surface area contributed by atoms with Crippen LogP contribution in [0.15, 0.2) is 18.2 Å². The second kappa shape index (κ2) is 6.17. The summed E-state index contributed by atoms with van der Waals surface area (Å²) in [4.78, 5) is 10.3. The number of nitro groups is 1. The van der Waals surface area contributed by atoms with Crippen molar-refractivity contribution in [2.45, 2.75) is 13.0 Å². The van der Waals surface area contributed by atoms with Crippen LogP contribution < -0.4 is 10.1 Å². The first-order valence-electron chi connectivity index (χ1n) is 5.25. The number of aliphatic hydroxyl groups excluding tert-OH is 1. The van der Waals surface area contributed by atoms with Crippen LogP contribution in [-0.2, 0) is 0 Å². The van der Waals surface area contributed by atoms with Gasteiger partial charge in [0.25, 0.3) is 5.69 Å². The molecule has 6 heteroatoms. The van der Waals surface area contributed by atoms with Gasteiger partial charge in [0.2, 0.25) is 0 Å². The maximum absolute atomic E-state index is 10.7. The molecule has 0 fully saturated rings. The van der Waals surface area contributed by atoms with Gasteiger partial charge in [-0.2, -0.15) is 0 Å². The fourth-order valence-electron chi connectivity index (χ4n) is 1.44. The zero-order chi connectivity index (χ0) is 12.8. The minimum absolute atomic E-state index is 0.0191. The number of aliphatic hydroxyl groups is 1. The Morgan fingerprint density at radius 3 is 2.88 bits per heavy atom. The van der Waals surface area contributed by atoms with E-state index in [1.54, 1.807) is 26.1 Å². The summed E-state index contributed by atoms with van der Waals surface area (Å²) in [6, 6.07) is 4.63. The van der Waals surface area contributed by atoms with E-state index < -0.39 is 11.0 Å². The lowest BCUT2D eigenvalue weighted by molar-refractivity contribution is -0.385. The van der Waals surface area contributed by atoms with Crippen LogP contribution in [-0.4, -0.2) is 36.3 Å². The minimum atomic E-state index is -0.640. The van der Waals surface area contributed by atoms with E-state index in [4.69, 9.17) is 4.74 Å². The Morgan fingerprint density at radius 1 is 1.59 bits per heavy atom. The Kier molecular flexibility index (Phi) is 4.86. The molecule has 0 aliphatic carbocycles. The molecule has 0 aliphatic heterocycles. The van der Waals surface area contributed by atoms with E-state index in [9.17, 15) is 15.2 Å². The molecule has 1 rings (SSSR count). The molecule has 0 amide bonds. The number of benzene rings is 1. The minimum Gasteiger partial charge on any atom is -0.490 e. The number of hydrogen-bond donors (Lipinski definition) is 2. The topological polar surface area (TPSA) is 84.6 Å². The monoisotopic (exact) mass is 240 g/mol. The van der Waals surface area contributed by atoms with Gasteiger partial charge in [-0.1, -0.05) is 6.07 Å². The van der Waals surface area contributed by atoms with Crippen molar-refractivity contribution < 1.29 is 14.8 Å². The highest BCUT2D eigenvalue weighted by Crippen LogP contribution is 2.26. The van der Waals surface area contributed by atoms with Crippen molar-refractivity contribution in [1.29, 1.82) is 0 Å². The van der Waals surface area contributed by atoms with Crippen LogP contribution in [0.2, 0.25) is 0 Å². The number of nitro benzene ring substituents is 1. The summed E-state index contributed by atoms with van der Waals surface area (Å²) in [5.74, 6) is 0.425. The van der Waals surface area contributed by atoms with Crippen molar-refractivity contribution in [3.8, 4) is 5.75 Å². The van der Waals surface area contributed by atoms with Crippen molar-refractivity contribution >= 4 is 5.69 Å². The summed E-state index contributed by atoms with van der Waals surface area (Å²) in [7, 11) is 1.72. The second-order valence-corrected chi connectivity index (χ2v) is 3.68. The molecule has 0 spiro atoms. The van der Waals surface area contributed by atoms with Gasteiger partial charge in [-0.25, -0.2) is 0 Å². The fraction of sp³-hybridized carbons (Fsp3) is 0.455. The predicted octanol–water partition coefficient (Wildman–Crippen LogP) is 0.862. The molecule has 2 N–H and O–H groups in total. The average molecular weight is 240 g/mol. The fourth-order valence-corrected chi connectivity index (χ4v) is 1.44. The van der Waals surface area contributed by atoms with Gasteiger partial charge in [0.15, 0.2) is 0 Å². The maximum atomic E-state index is 10.7. The molecular weight excluding hydrogens is 224 g/mol. The summed E-state index contributed by atoms with van der Waals surface area (Å²) >= 11 is 0. The van der Waals surface area contributed by atoms with Crippen LogP contribution in [0.25, 0.3) is 0 Å². The molecule has 0 saturated heterocycles. The first-order valence-corrected chi connectivity index (χ1v) is 5.25. The van der Waals surface area contributed by atoms with Crippen molar-refractivity contribution in [2.24, 2.45) is 0 Å². The van der Waals surface area contributed by atoms with E-state index >= 15 is 0 Å². The third-order valence-electron chi connectivity index (χ3n) is 2.32. The SMILES string of the molecule is CNCC(O)COc1cccc([N+](=O)[O-])c1C. The summed E-state index contributed by atoms with van der Waals surface area (Å²) in [5, 5.41) is 23.0. The molecule has 0 heterocycles. The Morgan fingerprint density at radius 2 is 2.29 bits per heavy atom. The van der Waals surface area contributed by atoms with Crippen LogP contribution in [0, 0.1) is 17.0 Å². The van der Waals surface area contributed by atoms with Crippen LogP contribution in [0.3, 0.4) is 0 Å². The van der Waals surface area contributed by atoms with Gasteiger partial charge < -0.3 is 15.2 Å². The summed E-state index contributed by atoms with van der Waals surface area (Å²) < 4.78 is 5.35. The lowest BCUT2D eigenvalue weighted by Gasteiger charge is -2.13. The summed E-state index contributed by atoms with van der Waals surface area (Å²) in [6.45, 7) is 2.13. The molecule has 0 saturated carbocycles. The van der Waals surface area contributed by atoms with Gasteiger partial charge in [-0.05, 0) is 20.0 Å². The molecule has 1 aromatic rings. The van der Waals surface area contributed by atoms with E-state index in [1.165, 1.54) is 6.07 Å². The third kappa shape index (κ3) is 3.69. The molecule has 94 valence electrons. The molecule has 6 nitrogen and oxygen atoms in total. The number of nitrogens with zero attached hydrogens (tertiary/aromatic N) is 1. The Labute approximate surface area is 99.4 Å². The van der Waals surface area contributed by atoms with Gasteiger partial charge in [-0.15, -0.1) is 0 Å². The molecule has 1 aromatic carbocycles.